The lowest BCUT2D eigenvalue weighted by molar-refractivity contribution is 0.301. The molecule has 0 aliphatic rings. The Balaban J connectivity index is 2.76. The first-order chi connectivity index (χ1) is 6.17. The summed E-state index contributed by atoms with van der Waals surface area (Å²) in [6.07, 6.45) is 0. The van der Waals surface area contributed by atoms with Crippen molar-refractivity contribution in [1.82, 2.24) is 5.09 Å². The fraction of sp³-hybridized carbons (Fsp3) is 0.333. The molecule has 13 heavy (non-hydrogen) atoms. The number of aliphatic hydroxyl groups is 1. The normalized spacial score (nSPS) is 15.2. The first-order valence-electron chi connectivity index (χ1n) is 4.16. The molecule has 2 N–H and O–H groups in total. The van der Waals surface area contributed by atoms with Gasteiger partial charge in [0.15, 0.2) is 7.29 Å². The molecule has 1 aromatic carbocycles. The highest BCUT2D eigenvalue weighted by atomic mass is 31.2. The van der Waals surface area contributed by atoms with Gasteiger partial charge < -0.3 is 9.67 Å². The molecule has 0 saturated heterocycles. The third-order valence-corrected chi connectivity index (χ3v) is 3.88. The van der Waals surface area contributed by atoms with E-state index in [1.165, 1.54) is 0 Å². The molecule has 0 fully saturated rings. The predicted octanol–water partition coefficient (Wildman–Crippen LogP) is 0.802. The Labute approximate surface area is 78.2 Å². The van der Waals surface area contributed by atoms with Crippen molar-refractivity contribution in [3.05, 3.63) is 30.3 Å². The lowest BCUT2D eigenvalue weighted by atomic mass is 10.4. The molecule has 0 saturated carbocycles. The number of aliphatic hydroxyl groups excluding tert-OH is 1. The summed E-state index contributed by atoms with van der Waals surface area (Å²) < 4.78 is 12.0. The summed E-state index contributed by atoms with van der Waals surface area (Å²) in [5.74, 6) is 0. The SMILES string of the molecule is CP(=O)(NCCO)c1ccccc1. The van der Waals surface area contributed by atoms with Crippen LogP contribution >= 0.6 is 7.29 Å². The van der Waals surface area contributed by atoms with Crippen LogP contribution in [0.15, 0.2) is 30.3 Å². The number of rotatable bonds is 4. The van der Waals surface area contributed by atoms with Crippen molar-refractivity contribution in [1.29, 1.82) is 0 Å². The molecule has 0 spiro atoms. The fourth-order valence-electron chi connectivity index (χ4n) is 1.07. The minimum Gasteiger partial charge on any atom is -0.395 e. The molecule has 0 amide bonds. The van der Waals surface area contributed by atoms with Gasteiger partial charge in [-0.1, -0.05) is 30.3 Å². The highest BCUT2D eigenvalue weighted by molar-refractivity contribution is 7.68. The number of hydrogen-bond donors (Lipinski definition) is 2. The Kier molecular flexibility index (Phi) is 3.67. The van der Waals surface area contributed by atoms with Crippen LogP contribution in [0.1, 0.15) is 0 Å². The van der Waals surface area contributed by atoms with Crippen molar-refractivity contribution in [2.75, 3.05) is 19.8 Å². The highest BCUT2D eigenvalue weighted by Gasteiger charge is 2.15. The van der Waals surface area contributed by atoms with E-state index in [0.717, 1.165) is 5.30 Å². The second-order valence-electron chi connectivity index (χ2n) is 2.89. The van der Waals surface area contributed by atoms with Crippen molar-refractivity contribution in [3.8, 4) is 0 Å². The first-order valence-corrected chi connectivity index (χ1v) is 6.31. The van der Waals surface area contributed by atoms with Gasteiger partial charge in [0, 0.05) is 18.5 Å². The molecule has 1 atom stereocenters. The van der Waals surface area contributed by atoms with Gasteiger partial charge in [-0.15, -0.1) is 0 Å². The van der Waals surface area contributed by atoms with Crippen molar-refractivity contribution in [2.24, 2.45) is 0 Å². The lowest BCUT2D eigenvalue weighted by Crippen LogP contribution is -2.21. The van der Waals surface area contributed by atoms with Crippen molar-refractivity contribution < 1.29 is 9.67 Å². The molecule has 4 heteroatoms. The van der Waals surface area contributed by atoms with Crippen LogP contribution in [0.25, 0.3) is 0 Å². The Bertz CT molecular complexity index is 300. The first kappa shape index (κ1) is 10.5. The third kappa shape index (κ3) is 2.96. The second kappa shape index (κ2) is 4.56. The summed E-state index contributed by atoms with van der Waals surface area (Å²) >= 11 is 0. The summed E-state index contributed by atoms with van der Waals surface area (Å²) in [5, 5.41) is 12.2. The van der Waals surface area contributed by atoms with Crippen LogP contribution < -0.4 is 10.4 Å². The van der Waals surface area contributed by atoms with Gasteiger partial charge in [-0.05, 0) is 0 Å². The molecule has 3 nitrogen and oxygen atoms in total. The van der Waals surface area contributed by atoms with Crippen LogP contribution in [0.5, 0.6) is 0 Å². The Morgan fingerprint density at radius 3 is 2.54 bits per heavy atom. The van der Waals surface area contributed by atoms with E-state index < -0.39 is 7.29 Å². The van der Waals surface area contributed by atoms with Gasteiger partial charge in [-0.2, -0.15) is 0 Å². The van der Waals surface area contributed by atoms with Gasteiger partial charge in [-0.25, -0.2) is 0 Å². The average Bonchev–Trinajstić information content (AvgIpc) is 2.16. The Morgan fingerprint density at radius 2 is 2.00 bits per heavy atom. The molecule has 0 heterocycles. The van der Waals surface area contributed by atoms with E-state index in [4.69, 9.17) is 5.11 Å². The van der Waals surface area contributed by atoms with Crippen LogP contribution in [-0.2, 0) is 4.57 Å². The zero-order valence-electron chi connectivity index (χ0n) is 7.60. The third-order valence-electron chi connectivity index (χ3n) is 1.77. The molecule has 1 rings (SSSR count). The summed E-state index contributed by atoms with van der Waals surface area (Å²) in [4.78, 5) is 0. The molecular weight excluding hydrogens is 185 g/mol. The van der Waals surface area contributed by atoms with E-state index in [9.17, 15) is 4.57 Å². The minimum absolute atomic E-state index is 0.00463. The van der Waals surface area contributed by atoms with Gasteiger partial charge >= 0.3 is 0 Å². The van der Waals surface area contributed by atoms with E-state index in [1.54, 1.807) is 6.66 Å². The summed E-state index contributed by atoms with van der Waals surface area (Å²) in [7, 11) is -2.47. The maximum absolute atomic E-state index is 12.0. The summed E-state index contributed by atoms with van der Waals surface area (Å²) in [6, 6.07) is 9.24. The number of nitrogens with one attached hydrogen (secondary N) is 1. The standard InChI is InChI=1S/C9H14NO2P/c1-13(12,10-7-8-11)9-5-3-2-4-6-9/h2-6,11H,7-8H2,1H3,(H,10,12). The highest BCUT2D eigenvalue weighted by Crippen LogP contribution is 2.33. The van der Waals surface area contributed by atoms with Gasteiger partial charge in [0.05, 0.1) is 6.61 Å². The van der Waals surface area contributed by atoms with E-state index in [0.29, 0.717) is 6.54 Å². The van der Waals surface area contributed by atoms with Gasteiger partial charge in [0.2, 0.25) is 0 Å². The molecule has 0 radical (unpaired) electrons. The molecule has 1 aromatic rings. The largest absolute Gasteiger partial charge is 0.395 e. The molecule has 1 unspecified atom stereocenters. The summed E-state index contributed by atoms with van der Waals surface area (Å²) in [6.45, 7) is 2.03. The van der Waals surface area contributed by atoms with Crippen molar-refractivity contribution in [2.45, 2.75) is 0 Å². The molecule has 0 aromatic heterocycles. The van der Waals surface area contributed by atoms with Gasteiger partial charge in [-0.3, -0.25) is 5.09 Å². The molecule has 0 bridgehead atoms. The molecule has 0 aliphatic heterocycles. The average molecular weight is 199 g/mol. The topological polar surface area (TPSA) is 49.3 Å². The Morgan fingerprint density at radius 1 is 1.38 bits per heavy atom. The van der Waals surface area contributed by atoms with E-state index in [-0.39, 0.29) is 6.61 Å². The lowest BCUT2D eigenvalue weighted by Gasteiger charge is -2.13. The van der Waals surface area contributed by atoms with E-state index >= 15 is 0 Å². The van der Waals surface area contributed by atoms with Crippen molar-refractivity contribution >= 4 is 12.6 Å². The smallest absolute Gasteiger partial charge is 0.173 e. The zero-order valence-corrected chi connectivity index (χ0v) is 8.50. The van der Waals surface area contributed by atoms with Crippen LogP contribution in [0.4, 0.5) is 0 Å². The maximum Gasteiger partial charge on any atom is 0.173 e. The van der Waals surface area contributed by atoms with E-state index in [1.807, 2.05) is 30.3 Å². The van der Waals surface area contributed by atoms with Crippen LogP contribution in [-0.4, -0.2) is 24.9 Å². The fourth-order valence-corrected chi connectivity index (χ4v) is 2.52. The molecule has 72 valence electrons. The van der Waals surface area contributed by atoms with Crippen LogP contribution in [0, 0.1) is 0 Å². The summed E-state index contributed by atoms with van der Waals surface area (Å²) in [5.41, 5.74) is 0. The minimum atomic E-state index is -2.47. The van der Waals surface area contributed by atoms with Crippen LogP contribution in [0.3, 0.4) is 0 Å². The van der Waals surface area contributed by atoms with E-state index in [2.05, 4.69) is 5.09 Å². The van der Waals surface area contributed by atoms with Gasteiger partial charge in [0.25, 0.3) is 0 Å². The van der Waals surface area contributed by atoms with Gasteiger partial charge in [0.1, 0.15) is 0 Å². The second-order valence-corrected chi connectivity index (χ2v) is 5.57. The monoisotopic (exact) mass is 199 g/mol. The van der Waals surface area contributed by atoms with Crippen molar-refractivity contribution in [3.63, 3.8) is 0 Å². The number of hydrogen-bond acceptors (Lipinski definition) is 2. The molecular formula is C9H14NO2P. The van der Waals surface area contributed by atoms with Crippen LogP contribution in [0.2, 0.25) is 0 Å². The number of benzene rings is 1. The molecule has 0 aliphatic carbocycles. The zero-order chi connectivity index (χ0) is 9.73. The maximum atomic E-state index is 12.0. The Hall–Kier alpha value is -0.630. The predicted molar refractivity (Wildman–Crippen MR) is 54.7 cm³/mol. The quantitative estimate of drug-likeness (QED) is 0.705.